The van der Waals surface area contributed by atoms with Gasteiger partial charge in [0.05, 0.1) is 0 Å². The molecule has 0 aliphatic heterocycles. The van der Waals surface area contributed by atoms with Crippen LogP contribution in [0.3, 0.4) is 0 Å². The molecular weight excluding hydrogens is 266 g/mol. The number of nitrogens with one attached hydrogen (secondary N) is 1. The number of hydrogen-bond donors (Lipinski definition) is 1. The van der Waals surface area contributed by atoms with Gasteiger partial charge in [0.25, 0.3) is 0 Å². The van der Waals surface area contributed by atoms with Crippen molar-refractivity contribution >= 4 is 22.1 Å². The molecule has 0 amide bonds. The predicted molar refractivity (Wildman–Crippen MR) is 84.9 cm³/mol. The quantitative estimate of drug-likeness (QED) is 0.785. The SMILES string of the molecule is CCNC(C)c1cnc(-c2nccc3ccccc23)s1. The van der Waals surface area contributed by atoms with E-state index in [-0.39, 0.29) is 0 Å². The summed E-state index contributed by atoms with van der Waals surface area (Å²) < 4.78 is 0. The third-order valence-corrected chi connectivity index (χ3v) is 4.52. The first-order chi connectivity index (χ1) is 9.79. The Hall–Kier alpha value is -1.78. The maximum atomic E-state index is 4.56. The molecular formula is C16H17N3S. The number of aromatic nitrogens is 2. The number of thiazole rings is 1. The van der Waals surface area contributed by atoms with Gasteiger partial charge in [0.15, 0.2) is 0 Å². The molecule has 3 rings (SSSR count). The van der Waals surface area contributed by atoms with Gasteiger partial charge in [-0.25, -0.2) is 4.98 Å². The molecule has 3 aromatic rings. The fourth-order valence-corrected chi connectivity index (χ4v) is 3.25. The van der Waals surface area contributed by atoms with Crippen molar-refractivity contribution in [3.63, 3.8) is 0 Å². The van der Waals surface area contributed by atoms with Gasteiger partial charge < -0.3 is 5.32 Å². The highest BCUT2D eigenvalue weighted by molar-refractivity contribution is 7.15. The fourth-order valence-electron chi connectivity index (χ4n) is 2.29. The van der Waals surface area contributed by atoms with Crippen LogP contribution < -0.4 is 5.32 Å². The highest BCUT2D eigenvalue weighted by atomic mass is 32.1. The Labute approximate surface area is 122 Å². The van der Waals surface area contributed by atoms with Crippen molar-refractivity contribution < 1.29 is 0 Å². The number of benzene rings is 1. The van der Waals surface area contributed by atoms with E-state index in [0.717, 1.165) is 22.6 Å². The Bertz CT molecular complexity index is 715. The second-order valence-electron chi connectivity index (χ2n) is 4.73. The molecule has 0 radical (unpaired) electrons. The third-order valence-electron chi connectivity index (χ3n) is 3.34. The molecule has 0 bridgehead atoms. The lowest BCUT2D eigenvalue weighted by molar-refractivity contribution is 0.606. The number of rotatable bonds is 4. The van der Waals surface area contributed by atoms with E-state index in [9.17, 15) is 0 Å². The minimum Gasteiger partial charge on any atom is -0.310 e. The lowest BCUT2D eigenvalue weighted by Gasteiger charge is -2.08. The second kappa shape index (κ2) is 5.69. The lowest BCUT2D eigenvalue weighted by atomic mass is 10.1. The van der Waals surface area contributed by atoms with Gasteiger partial charge in [-0.05, 0) is 24.9 Å². The average Bonchev–Trinajstić information content (AvgIpc) is 2.97. The molecule has 1 N–H and O–H groups in total. The summed E-state index contributed by atoms with van der Waals surface area (Å²) in [6.45, 7) is 5.24. The Morgan fingerprint density at radius 1 is 1.20 bits per heavy atom. The molecule has 1 aromatic carbocycles. The molecule has 2 aromatic heterocycles. The van der Waals surface area contributed by atoms with Gasteiger partial charge in [-0.15, -0.1) is 11.3 Å². The molecule has 102 valence electrons. The molecule has 4 heteroatoms. The largest absolute Gasteiger partial charge is 0.310 e. The predicted octanol–water partition coefficient (Wildman–Crippen LogP) is 4.03. The summed E-state index contributed by atoms with van der Waals surface area (Å²) in [7, 11) is 0. The summed E-state index contributed by atoms with van der Waals surface area (Å²) in [5.41, 5.74) is 0.975. The highest BCUT2D eigenvalue weighted by Gasteiger charge is 2.12. The van der Waals surface area contributed by atoms with Crippen molar-refractivity contribution in [1.29, 1.82) is 0 Å². The van der Waals surface area contributed by atoms with Gasteiger partial charge in [-0.3, -0.25) is 4.98 Å². The first-order valence-corrected chi connectivity index (χ1v) is 7.64. The maximum Gasteiger partial charge on any atom is 0.142 e. The molecule has 0 aliphatic rings. The van der Waals surface area contributed by atoms with Crippen molar-refractivity contribution in [2.45, 2.75) is 19.9 Å². The molecule has 2 heterocycles. The molecule has 3 nitrogen and oxygen atoms in total. The fraction of sp³-hybridized carbons (Fsp3) is 0.250. The summed E-state index contributed by atoms with van der Waals surface area (Å²) in [5.74, 6) is 0. The summed E-state index contributed by atoms with van der Waals surface area (Å²) in [6, 6.07) is 10.7. The van der Waals surface area contributed by atoms with Crippen LogP contribution >= 0.6 is 11.3 Å². The highest BCUT2D eigenvalue weighted by Crippen LogP contribution is 2.31. The van der Waals surface area contributed by atoms with Gasteiger partial charge in [0, 0.05) is 28.7 Å². The van der Waals surface area contributed by atoms with Crippen molar-refractivity contribution in [1.82, 2.24) is 15.3 Å². The summed E-state index contributed by atoms with van der Waals surface area (Å²) >= 11 is 1.71. The van der Waals surface area contributed by atoms with E-state index in [0.29, 0.717) is 6.04 Å². The van der Waals surface area contributed by atoms with E-state index < -0.39 is 0 Å². The van der Waals surface area contributed by atoms with Gasteiger partial charge in [-0.2, -0.15) is 0 Å². The van der Waals surface area contributed by atoms with Crippen LogP contribution in [0.1, 0.15) is 24.8 Å². The molecule has 1 unspecified atom stereocenters. The van der Waals surface area contributed by atoms with E-state index in [1.807, 2.05) is 30.6 Å². The van der Waals surface area contributed by atoms with E-state index in [1.54, 1.807) is 11.3 Å². The zero-order valence-corrected chi connectivity index (χ0v) is 12.4. The van der Waals surface area contributed by atoms with Crippen LogP contribution in [0.25, 0.3) is 21.5 Å². The van der Waals surface area contributed by atoms with E-state index in [1.165, 1.54) is 10.3 Å². The Kier molecular flexibility index (Phi) is 3.76. The average molecular weight is 283 g/mol. The van der Waals surface area contributed by atoms with Crippen molar-refractivity contribution in [2.75, 3.05) is 6.54 Å². The van der Waals surface area contributed by atoms with Crippen LogP contribution in [-0.2, 0) is 0 Å². The van der Waals surface area contributed by atoms with Gasteiger partial charge in [0.2, 0.25) is 0 Å². The smallest absolute Gasteiger partial charge is 0.142 e. The number of fused-ring (bicyclic) bond motifs is 1. The standard InChI is InChI=1S/C16H17N3S/c1-3-17-11(2)14-10-19-16(20-14)15-13-7-5-4-6-12(13)8-9-18-15/h4-11,17H,3H2,1-2H3. The molecule has 0 fully saturated rings. The summed E-state index contributed by atoms with van der Waals surface area (Å²) in [6.07, 6.45) is 3.81. The van der Waals surface area contributed by atoms with Crippen LogP contribution in [0.4, 0.5) is 0 Å². The molecule has 0 saturated carbocycles. The monoisotopic (exact) mass is 283 g/mol. The summed E-state index contributed by atoms with van der Waals surface area (Å²) in [4.78, 5) is 10.3. The zero-order chi connectivity index (χ0) is 13.9. The van der Waals surface area contributed by atoms with Gasteiger partial charge in [-0.1, -0.05) is 31.2 Å². The third kappa shape index (κ3) is 2.44. The van der Waals surface area contributed by atoms with Gasteiger partial charge in [0.1, 0.15) is 10.7 Å². The molecule has 0 saturated heterocycles. The Balaban J connectivity index is 2.03. The first kappa shape index (κ1) is 13.2. The topological polar surface area (TPSA) is 37.8 Å². The van der Waals surface area contributed by atoms with Crippen LogP contribution in [0.2, 0.25) is 0 Å². The van der Waals surface area contributed by atoms with Crippen molar-refractivity contribution in [3.05, 3.63) is 47.6 Å². The first-order valence-electron chi connectivity index (χ1n) is 6.83. The minimum atomic E-state index is 0.334. The molecule has 20 heavy (non-hydrogen) atoms. The van der Waals surface area contributed by atoms with Crippen LogP contribution in [-0.4, -0.2) is 16.5 Å². The Morgan fingerprint density at radius 2 is 2.05 bits per heavy atom. The molecule has 1 atom stereocenters. The zero-order valence-electron chi connectivity index (χ0n) is 11.6. The number of nitrogens with zero attached hydrogens (tertiary/aromatic N) is 2. The summed E-state index contributed by atoms with van der Waals surface area (Å²) in [5, 5.41) is 6.76. The second-order valence-corrected chi connectivity index (χ2v) is 5.79. The van der Waals surface area contributed by atoms with E-state index in [4.69, 9.17) is 0 Å². The number of hydrogen-bond acceptors (Lipinski definition) is 4. The van der Waals surface area contributed by atoms with Gasteiger partial charge >= 0.3 is 0 Å². The molecule has 0 aliphatic carbocycles. The van der Waals surface area contributed by atoms with E-state index in [2.05, 4.69) is 41.3 Å². The number of pyridine rings is 1. The maximum absolute atomic E-state index is 4.56. The minimum absolute atomic E-state index is 0.334. The van der Waals surface area contributed by atoms with Crippen LogP contribution in [0.5, 0.6) is 0 Å². The lowest BCUT2D eigenvalue weighted by Crippen LogP contribution is -2.16. The van der Waals surface area contributed by atoms with Crippen LogP contribution in [0.15, 0.2) is 42.7 Å². The van der Waals surface area contributed by atoms with Crippen LogP contribution in [0, 0.1) is 0 Å². The Morgan fingerprint density at radius 3 is 2.90 bits per heavy atom. The molecule has 0 spiro atoms. The van der Waals surface area contributed by atoms with Crippen molar-refractivity contribution in [2.24, 2.45) is 0 Å². The normalized spacial score (nSPS) is 12.7. The van der Waals surface area contributed by atoms with Crippen molar-refractivity contribution in [3.8, 4) is 10.7 Å². The van der Waals surface area contributed by atoms with E-state index >= 15 is 0 Å².